The van der Waals surface area contributed by atoms with Crippen molar-refractivity contribution < 1.29 is 23.8 Å². The highest BCUT2D eigenvalue weighted by atomic mass is 32.1. The van der Waals surface area contributed by atoms with Crippen molar-refractivity contribution in [2.75, 3.05) is 38.1 Å². The van der Waals surface area contributed by atoms with E-state index in [-0.39, 0.29) is 24.8 Å². The first-order valence-electron chi connectivity index (χ1n) is 11.9. The van der Waals surface area contributed by atoms with Crippen LogP contribution in [0.15, 0.2) is 53.9 Å². The van der Waals surface area contributed by atoms with Gasteiger partial charge in [-0.05, 0) is 37.3 Å². The van der Waals surface area contributed by atoms with Gasteiger partial charge in [0.25, 0.3) is 0 Å². The summed E-state index contributed by atoms with van der Waals surface area (Å²) in [5.41, 5.74) is 2.98. The van der Waals surface area contributed by atoms with E-state index in [4.69, 9.17) is 19.2 Å². The average Bonchev–Trinajstić information content (AvgIpc) is 3.66. The number of nitrogens with zero attached hydrogens (tertiary/aromatic N) is 4. The molecule has 0 radical (unpaired) electrons. The summed E-state index contributed by atoms with van der Waals surface area (Å²) >= 11 is 1.40. The van der Waals surface area contributed by atoms with E-state index in [1.165, 1.54) is 11.3 Å². The number of amides is 2. The van der Waals surface area contributed by atoms with Crippen LogP contribution in [0.1, 0.15) is 12.1 Å². The number of ether oxygens (including phenoxy) is 3. The van der Waals surface area contributed by atoms with Crippen LogP contribution in [-0.4, -0.2) is 54.5 Å². The normalized spacial score (nSPS) is 15.0. The van der Waals surface area contributed by atoms with E-state index >= 15 is 0 Å². The van der Waals surface area contributed by atoms with Crippen LogP contribution >= 0.6 is 11.3 Å². The first kappa shape index (κ1) is 25.3. The minimum atomic E-state index is -0.519. The van der Waals surface area contributed by atoms with Crippen LogP contribution in [0.3, 0.4) is 0 Å². The van der Waals surface area contributed by atoms with Gasteiger partial charge < -0.3 is 24.4 Å². The van der Waals surface area contributed by atoms with Crippen molar-refractivity contribution >= 4 is 34.7 Å². The van der Waals surface area contributed by atoms with Crippen molar-refractivity contribution in [3.05, 3.63) is 59.6 Å². The monoisotopic (exact) mass is 533 g/mol. The molecule has 0 aliphatic carbocycles. The largest absolute Gasteiger partial charge is 0.495 e. The number of hydrogen-bond donors (Lipinski definition) is 1. The van der Waals surface area contributed by atoms with Crippen LogP contribution in [0.5, 0.6) is 17.2 Å². The maximum absolute atomic E-state index is 13.2. The van der Waals surface area contributed by atoms with Gasteiger partial charge in [0.05, 0.1) is 44.3 Å². The number of aromatic nitrogens is 3. The Kier molecular flexibility index (Phi) is 7.01. The molecule has 1 aliphatic heterocycles. The molecular formula is C27H27N5O5S. The molecule has 11 heteroatoms. The van der Waals surface area contributed by atoms with Gasteiger partial charge in [-0.2, -0.15) is 9.78 Å². The predicted octanol–water partition coefficient (Wildman–Crippen LogP) is 4.32. The fourth-order valence-electron chi connectivity index (χ4n) is 4.42. The summed E-state index contributed by atoms with van der Waals surface area (Å²) in [6, 6.07) is 14.7. The molecule has 4 aromatic rings. The molecule has 0 spiro atoms. The SMILES string of the molecule is COc1ccc(-c2csc(-n3nc(C)cc3NC(=O)C3CC(=O)N(c4ccccc4OC)C3)n2)cc1OC. The van der Waals surface area contributed by atoms with Gasteiger partial charge in [-0.1, -0.05) is 12.1 Å². The molecule has 5 rings (SSSR count). The van der Waals surface area contributed by atoms with Gasteiger partial charge >= 0.3 is 0 Å². The van der Waals surface area contributed by atoms with E-state index in [0.29, 0.717) is 33.9 Å². The Morgan fingerprint density at radius 3 is 2.55 bits per heavy atom. The smallest absolute Gasteiger partial charge is 0.230 e. The van der Waals surface area contributed by atoms with Gasteiger partial charge in [0.1, 0.15) is 11.6 Å². The maximum atomic E-state index is 13.2. The van der Waals surface area contributed by atoms with E-state index < -0.39 is 5.92 Å². The Morgan fingerprint density at radius 2 is 1.79 bits per heavy atom. The number of anilines is 2. The highest BCUT2D eigenvalue weighted by Gasteiger charge is 2.36. The number of nitrogens with one attached hydrogen (secondary N) is 1. The second-order valence-corrected chi connectivity index (χ2v) is 9.57. The van der Waals surface area contributed by atoms with Crippen molar-refractivity contribution in [1.82, 2.24) is 14.8 Å². The lowest BCUT2D eigenvalue weighted by molar-refractivity contribution is -0.122. The summed E-state index contributed by atoms with van der Waals surface area (Å²) < 4.78 is 17.7. The summed E-state index contributed by atoms with van der Waals surface area (Å²) in [7, 11) is 4.73. The summed E-state index contributed by atoms with van der Waals surface area (Å²) in [4.78, 5) is 32.3. The molecule has 3 heterocycles. The van der Waals surface area contributed by atoms with Gasteiger partial charge in [0.15, 0.2) is 11.5 Å². The molecular weight excluding hydrogens is 506 g/mol. The second kappa shape index (κ2) is 10.5. The molecule has 0 bridgehead atoms. The molecule has 1 N–H and O–H groups in total. The zero-order valence-corrected chi connectivity index (χ0v) is 22.2. The van der Waals surface area contributed by atoms with Crippen molar-refractivity contribution in [3.8, 4) is 33.6 Å². The Morgan fingerprint density at radius 1 is 1.03 bits per heavy atom. The average molecular weight is 534 g/mol. The van der Waals surface area contributed by atoms with Crippen LogP contribution in [0.2, 0.25) is 0 Å². The molecule has 2 aromatic carbocycles. The van der Waals surface area contributed by atoms with E-state index in [2.05, 4.69) is 10.4 Å². The van der Waals surface area contributed by atoms with E-state index in [1.807, 2.05) is 48.7 Å². The number of thiazole rings is 1. The Hall–Kier alpha value is -4.38. The van der Waals surface area contributed by atoms with Crippen LogP contribution in [0.4, 0.5) is 11.5 Å². The minimum Gasteiger partial charge on any atom is -0.495 e. The van der Waals surface area contributed by atoms with Gasteiger partial charge in [0, 0.05) is 30.0 Å². The maximum Gasteiger partial charge on any atom is 0.230 e. The molecule has 1 unspecified atom stereocenters. The second-order valence-electron chi connectivity index (χ2n) is 8.73. The lowest BCUT2D eigenvalue weighted by Gasteiger charge is -2.19. The van der Waals surface area contributed by atoms with Gasteiger partial charge in [-0.15, -0.1) is 11.3 Å². The molecule has 38 heavy (non-hydrogen) atoms. The lowest BCUT2D eigenvalue weighted by Crippen LogP contribution is -2.28. The molecule has 1 aliphatic rings. The molecule has 2 aromatic heterocycles. The van der Waals surface area contributed by atoms with Crippen molar-refractivity contribution in [2.45, 2.75) is 13.3 Å². The third-order valence-electron chi connectivity index (χ3n) is 6.31. The zero-order chi connectivity index (χ0) is 26.8. The van der Waals surface area contributed by atoms with Crippen molar-refractivity contribution in [1.29, 1.82) is 0 Å². The fourth-order valence-corrected chi connectivity index (χ4v) is 5.22. The molecule has 0 saturated carbocycles. The quantitative estimate of drug-likeness (QED) is 0.359. The number of methoxy groups -OCH3 is 3. The topological polar surface area (TPSA) is 108 Å². The molecule has 1 saturated heterocycles. The number of carbonyl (C=O) groups is 2. The number of para-hydroxylation sites is 2. The molecule has 2 amide bonds. The van der Waals surface area contributed by atoms with E-state index in [0.717, 1.165) is 17.0 Å². The number of hydrogen-bond acceptors (Lipinski definition) is 8. The first-order chi connectivity index (χ1) is 18.4. The molecule has 10 nitrogen and oxygen atoms in total. The van der Waals surface area contributed by atoms with E-state index in [1.54, 1.807) is 43.0 Å². The highest BCUT2D eigenvalue weighted by molar-refractivity contribution is 7.12. The lowest BCUT2D eigenvalue weighted by atomic mass is 10.1. The summed E-state index contributed by atoms with van der Waals surface area (Å²) in [5, 5.41) is 10.0. The predicted molar refractivity (Wildman–Crippen MR) is 145 cm³/mol. The standard InChI is InChI=1S/C27H27N5O5S/c1-16-11-24(29-26(34)18-13-25(33)31(14-18)20-7-5-6-8-21(20)35-2)32(30-16)27-28-19(15-38-27)17-9-10-22(36-3)23(12-17)37-4/h5-12,15,18H,13-14H2,1-4H3,(H,29,34). The number of aryl methyl sites for hydroxylation is 1. The van der Waals surface area contributed by atoms with Gasteiger partial charge in [-0.25, -0.2) is 4.98 Å². The van der Waals surface area contributed by atoms with Gasteiger partial charge in [-0.3, -0.25) is 9.59 Å². The van der Waals surface area contributed by atoms with Crippen LogP contribution in [0, 0.1) is 12.8 Å². The molecule has 1 atom stereocenters. The van der Waals surface area contributed by atoms with E-state index in [9.17, 15) is 9.59 Å². The van der Waals surface area contributed by atoms with Crippen LogP contribution in [-0.2, 0) is 9.59 Å². The first-order valence-corrected chi connectivity index (χ1v) is 12.8. The number of carbonyl (C=O) groups excluding carboxylic acids is 2. The number of benzene rings is 2. The van der Waals surface area contributed by atoms with Crippen molar-refractivity contribution in [2.24, 2.45) is 5.92 Å². The van der Waals surface area contributed by atoms with Crippen LogP contribution < -0.4 is 24.4 Å². The highest BCUT2D eigenvalue weighted by Crippen LogP contribution is 2.35. The Bertz CT molecular complexity index is 1500. The Balaban J connectivity index is 1.35. The Labute approximate surface area is 223 Å². The fraction of sp³-hybridized carbons (Fsp3) is 0.259. The van der Waals surface area contributed by atoms with Crippen LogP contribution in [0.25, 0.3) is 16.4 Å². The van der Waals surface area contributed by atoms with Gasteiger partial charge in [0.2, 0.25) is 16.9 Å². The minimum absolute atomic E-state index is 0.109. The summed E-state index contributed by atoms with van der Waals surface area (Å²) in [5.74, 6) is 1.42. The summed E-state index contributed by atoms with van der Waals surface area (Å²) in [6.45, 7) is 2.11. The molecule has 196 valence electrons. The third-order valence-corrected chi connectivity index (χ3v) is 7.12. The summed E-state index contributed by atoms with van der Waals surface area (Å²) in [6.07, 6.45) is 0.109. The molecule has 1 fully saturated rings. The number of rotatable bonds is 8. The van der Waals surface area contributed by atoms with Crippen molar-refractivity contribution in [3.63, 3.8) is 0 Å². The zero-order valence-electron chi connectivity index (χ0n) is 21.4. The third kappa shape index (κ3) is 4.80.